The molecule has 1 N–H and O–H groups in total. The lowest BCUT2D eigenvalue weighted by molar-refractivity contribution is 0.218. The minimum atomic E-state index is -0.0252. The Balaban J connectivity index is 1.80. The summed E-state index contributed by atoms with van der Waals surface area (Å²) in [7, 11) is 1.87. The minimum absolute atomic E-state index is 0.0252. The molecule has 0 aromatic heterocycles. The van der Waals surface area contributed by atoms with E-state index < -0.39 is 0 Å². The van der Waals surface area contributed by atoms with Crippen LogP contribution in [0.3, 0.4) is 0 Å². The fourth-order valence-electron chi connectivity index (χ4n) is 2.82. The van der Waals surface area contributed by atoms with Crippen molar-refractivity contribution >= 4 is 23.5 Å². The molecule has 4 nitrogen and oxygen atoms in total. The molecule has 0 atom stereocenters. The van der Waals surface area contributed by atoms with Crippen LogP contribution in [0.1, 0.15) is 24.8 Å². The van der Waals surface area contributed by atoms with Gasteiger partial charge in [0.1, 0.15) is 0 Å². The van der Waals surface area contributed by atoms with Gasteiger partial charge in [0.2, 0.25) is 0 Å². The average Bonchev–Trinajstić information content (AvgIpc) is 3.02. The van der Waals surface area contributed by atoms with E-state index in [1.807, 2.05) is 19.2 Å². The van der Waals surface area contributed by atoms with E-state index in [9.17, 15) is 4.79 Å². The van der Waals surface area contributed by atoms with Crippen molar-refractivity contribution in [3.05, 3.63) is 23.8 Å². The largest absolute Gasteiger partial charge is 0.328 e. The number of amides is 2. The zero-order chi connectivity index (χ0) is 15.9. The zero-order valence-electron chi connectivity index (χ0n) is 13.9. The molecule has 0 saturated carbocycles. The second-order valence-electron chi connectivity index (χ2n) is 5.89. The van der Waals surface area contributed by atoms with Crippen LogP contribution in [-0.2, 0) is 0 Å². The summed E-state index contributed by atoms with van der Waals surface area (Å²) >= 11 is 1.70. The van der Waals surface area contributed by atoms with Gasteiger partial charge in [0.15, 0.2) is 0 Å². The number of likely N-dealkylation sites (tertiary alicyclic amines) is 1. The van der Waals surface area contributed by atoms with Crippen molar-refractivity contribution in [1.82, 2.24) is 9.80 Å². The van der Waals surface area contributed by atoms with Gasteiger partial charge in [-0.05, 0) is 69.8 Å². The summed E-state index contributed by atoms with van der Waals surface area (Å²) in [5, 5.41) is 3.02. The van der Waals surface area contributed by atoms with Crippen molar-refractivity contribution in [3.63, 3.8) is 0 Å². The van der Waals surface area contributed by atoms with Crippen LogP contribution in [0.2, 0.25) is 0 Å². The number of hydrogen-bond acceptors (Lipinski definition) is 3. The van der Waals surface area contributed by atoms with Crippen molar-refractivity contribution in [1.29, 1.82) is 0 Å². The van der Waals surface area contributed by atoms with Crippen LogP contribution in [0, 0.1) is 6.92 Å². The maximum absolute atomic E-state index is 12.3. The van der Waals surface area contributed by atoms with Crippen molar-refractivity contribution in [2.75, 3.05) is 44.8 Å². The number of benzene rings is 1. The standard InChI is InChI=1S/C17H27N3OS/c1-14-15(8-6-9-16(14)22-3)18-17(21)19(2)10-7-13-20-11-4-5-12-20/h6,8-9H,4-5,7,10-13H2,1-3H3,(H,18,21). The van der Waals surface area contributed by atoms with Crippen molar-refractivity contribution in [2.24, 2.45) is 0 Å². The van der Waals surface area contributed by atoms with Crippen LogP contribution in [0.5, 0.6) is 0 Å². The summed E-state index contributed by atoms with van der Waals surface area (Å²) < 4.78 is 0. The Labute approximate surface area is 138 Å². The van der Waals surface area contributed by atoms with Gasteiger partial charge in [-0.3, -0.25) is 0 Å². The van der Waals surface area contributed by atoms with Crippen LogP contribution in [0.25, 0.3) is 0 Å². The molecule has 122 valence electrons. The van der Waals surface area contributed by atoms with E-state index in [1.54, 1.807) is 16.7 Å². The fraction of sp³-hybridized carbons (Fsp3) is 0.588. The molecule has 1 aromatic rings. The quantitative estimate of drug-likeness (QED) is 0.812. The number of urea groups is 1. The Bertz CT molecular complexity index is 501. The van der Waals surface area contributed by atoms with E-state index in [0.29, 0.717) is 0 Å². The molecule has 22 heavy (non-hydrogen) atoms. The van der Waals surface area contributed by atoms with Gasteiger partial charge >= 0.3 is 6.03 Å². The van der Waals surface area contributed by atoms with E-state index in [-0.39, 0.29) is 6.03 Å². The molecule has 1 aliphatic heterocycles. The predicted molar refractivity (Wildman–Crippen MR) is 94.9 cm³/mol. The van der Waals surface area contributed by atoms with Crippen LogP contribution >= 0.6 is 11.8 Å². The second kappa shape index (κ2) is 8.44. The highest BCUT2D eigenvalue weighted by Gasteiger charge is 2.14. The Morgan fingerprint density at radius 3 is 2.77 bits per heavy atom. The number of hydrogen-bond donors (Lipinski definition) is 1. The van der Waals surface area contributed by atoms with Crippen molar-refractivity contribution < 1.29 is 4.79 Å². The Hall–Kier alpha value is -1.20. The van der Waals surface area contributed by atoms with Crippen LogP contribution in [0.4, 0.5) is 10.5 Å². The van der Waals surface area contributed by atoms with Crippen LogP contribution in [0.15, 0.2) is 23.1 Å². The molecular weight excluding hydrogens is 294 g/mol. The van der Waals surface area contributed by atoms with Gasteiger partial charge < -0.3 is 15.1 Å². The van der Waals surface area contributed by atoms with E-state index in [0.717, 1.165) is 30.8 Å². The maximum atomic E-state index is 12.3. The zero-order valence-corrected chi connectivity index (χ0v) is 14.7. The molecule has 2 amide bonds. The highest BCUT2D eigenvalue weighted by atomic mass is 32.2. The summed E-state index contributed by atoms with van der Waals surface area (Å²) in [6.07, 6.45) is 5.73. The maximum Gasteiger partial charge on any atom is 0.321 e. The number of nitrogens with one attached hydrogen (secondary N) is 1. The summed E-state index contributed by atoms with van der Waals surface area (Å²) in [6, 6.07) is 6.00. The first-order valence-corrected chi connectivity index (χ1v) is 9.22. The lowest BCUT2D eigenvalue weighted by Gasteiger charge is -2.21. The molecule has 5 heteroatoms. The smallest absolute Gasteiger partial charge is 0.321 e. The number of carbonyl (C=O) groups excluding carboxylic acids is 1. The van der Waals surface area contributed by atoms with Gasteiger partial charge in [-0.2, -0.15) is 0 Å². The summed E-state index contributed by atoms with van der Waals surface area (Å²) in [5.74, 6) is 0. The predicted octanol–water partition coefficient (Wildman–Crippen LogP) is 3.67. The van der Waals surface area contributed by atoms with Crippen LogP contribution < -0.4 is 5.32 Å². The molecule has 0 bridgehead atoms. The third-order valence-electron chi connectivity index (χ3n) is 4.26. The monoisotopic (exact) mass is 321 g/mol. The van der Waals surface area contributed by atoms with E-state index in [2.05, 4.69) is 29.5 Å². The third-order valence-corrected chi connectivity index (χ3v) is 5.14. The molecule has 1 heterocycles. The number of carbonyl (C=O) groups is 1. The minimum Gasteiger partial charge on any atom is -0.328 e. The number of anilines is 1. The van der Waals surface area contributed by atoms with Crippen molar-refractivity contribution in [2.45, 2.75) is 31.1 Å². The van der Waals surface area contributed by atoms with Gasteiger partial charge in [-0.25, -0.2) is 4.79 Å². The highest BCUT2D eigenvalue weighted by Crippen LogP contribution is 2.26. The lowest BCUT2D eigenvalue weighted by Crippen LogP contribution is -2.34. The third kappa shape index (κ3) is 4.65. The molecular formula is C17H27N3OS. The average molecular weight is 321 g/mol. The number of thioether (sulfide) groups is 1. The summed E-state index contributed by atoms with van der Waals surface area (Å²) in [6.45, 7) is 6.38. The molecule has 0 unspecified atom stereocenters. The number of rotatable bonds is 6. The first-order valence-electron chi connectivity index (χ1n) is 8.00. The Morgan fingerprint density at radius 2 is 2.09 bits per heavy atom. The van der Waals surface area contributed by atoms with Gasteiger partial charge in [0.05, 0.1) is 0 Å². The van der Waals surface area contributed by atoms with Gasteiger partial charge in [0, 0.05) is 24.2 Å². The fourth-order valence-corrected chi connectivity index (χ4v) is 3.45. The second-order valence-corrected chi connectivity index (χ2v) is 6.73. The van der Waals surface area contributed by atoms with Crippen LogP contribution in [-0.4, -0.2) is 55.3 Å². The van der Waals surface area contributed by atoms with Gasteiger partial charge in [0.25, 0.3) is 0 Å². The normalized spacial score (nSPS) is 15.0. The molecule has 1 aromatic carbocycles. The molecule has 1 saturated heterocycles. The van der Waals surface area contributed by atoms with E-state index in [1.165, 1.54) is 30.8 Å². The Kier molecular flexibility index (Phi) is 6.58. The van der Waals surface area contributed by atoms with E-state index >= 15 is 0 Å². The van der Waals surface area contributed by atoms with Gasteiger partial charge in [-0.1, -0.05) is 6.07 Å². The molecule has 0 radical (unpaired) electrons. The summed E-state index contributed by atoms with van der Waals surface area (Å²) in [5.41, 5.74) is 2.04. The molecule has 1 fully saturated rings. The molecule has 1 aliphatic rings. The Morgan fingerprint density at radius 1 is 1.36 bits per heavy atom. The van der Waals surface area contributed by atoms with Gasteiger partial charge in [-0.15, -0.1) is 11.8 Å². The first kappa shape index (κ1) is 17.2. The van der Waals surface area contributed by atoms with Crippen molar-refractivity contribution in [3.8, 4) is 0 Å². The molecule has 2 rings (SSSR count). The topological polar surface area (TPSA) is 35.6 Å². The summed E-state index contributed by atoms with van der Waals surface area (Å²) in [4.78, 5) is 17.8. The first-order chi connectivity index (χ1) is 10.6. The lowest BCUT2D eigenvalue weighted by atomic mass is 10.2. The number of nitrogens with zero attached hydrogens (tertiary/aromatic N) is 2. The van der Waals surface area contributed by atoms with E-state index in [4.69, 9.17) is 0 Å². The molecule has 0 spiro atoms. The molecule has 0 aliphatic carbocycles. The highest BCUT2D eigenvalue weighted by molar-refractivity contribution is 7.98. The SMILES string of the molecule is CSc1cccc(NC(=O)N(C)CCCN2CCCC2)c1C.